The van der Waals surface area contributed by atoms with E-state index in [2.05, 4.69) is 26.9 Å². The zero-order chi connectivity index (χ0) is 16.5. The summed E-state index contributed by atoms with van der Waals surface area (Å²) in [5.41, 5.74) is 2.00. The van der Waals surface area contributed by atoms with Crippen molar-refractivity contribution < 1.29 is 0 Å². The molecule has 0 atom stereocenters. The van der Waals surface area contributed by atoms with E-state index in [0.29, 0.717) is 5.39 Å². The van der Waals surface area contributed by atoms with Gasteiger partial charge < -0.3 is 9.47 Å². The van der Waals surface area contributed by atoms with Crippen molar-refractivity contribution in [3.8, 4) is 0 Å². The van der Waals surface area contributed by atoms with Crippen molar-refractivity contribution in [2.75, 3.05) is 37.6 Å². The van der Waals surface area contributed by atoms with Crippen LogP contribution in [0.5, 0.6) is 0 Å². The Hall–Kier alpha value is -1.88. The maximum absolute atomic E-state index is 12.1. The van der Waals surface area contributed by atoms with Crippen molar-refractivity contribution in [1.82, 2.24) is 14.5 Å². The Bertz CT molecular complexity index is 771. The second-order valence-corrected chi connectivity index (χ2v) is 7.30. The Balaban J connectivity index is 1.44. The zero-order valence-corrected chi connectivity index (χ0v) is 14.4. The maximum Gasteiger partial charge on any atom is 0.260 e. The number of fused-ring (bicyclic) bond motifs is 1. The summed E-state index contributed by atoms with van der Waals surface area (Å²) in [5, 5.41) is 0.698. The molecule has 2 fully saturated rings. The molecular formula is C19H26N4O. The van der Waals surface area contributed by atoms with Crippen LogP contribution in [0.15, 0.2) is 29.3 Å². The minimum absolute atomic E-state index is 0.0212. The smallest absolute Gasteiger partial charge is 0.260 e. The van der Waals surface area contributed by atoms with Crippen LogP contribution >= 0.6 is 0 Å². The number of benzene rings is 1. The van der Waals surface area contributed by atoms with Gasteiger partial charge in [0.1, 0.15) is 0 Å². The lowest BCUT2D eigenvalue weighted by atomic mass is 10.1. The number of piperazine rings is 1. The highest BCUT2D eigenvalue weighted by atomic mass is 16.1. The first kappa shape index (κ1) is 15.6. The lowest BCUT2D eigenvalue weighted by Crippen LogP contribution is -2.47. The topological polar surface area (TPSA) is 41.4 Å². The van der Waals surface area contributed by atoms with Crippen molar-refractivity contribution in [2.24, 2.45) is 13.0 Å². The third-order valence-electron chi connectivity index (χ3n) is 5.63. The largest absolute Gasteiger partial charge is 0.369 e. The fourth-order valence-corrected chi connectivity index (χ4v) is 4.14. The molecule has 4 rings (SSSR count). The molecule has 1 aliphatic heterocycles. The monoisotopic (exact) mass is 326 g/mol. The molecule has 2 aromatic rings. The molecule has 128 valence electrons. The molecule has 5 heteroatoms. The van der Waals surface area contributed by atoms with Crippen molar-refractivity contribution in [2.45, 2.75) is 25.7 Å². The fraction of sp³-hybridized carbons (Fsp3) is 0.579. The number of hydrogen-bond donors (Lipinski definition) is 0. The highest BCUT2D eigenvalue weighted by molar-refractivity contribution is 5.81. The van der Waals surface area contributed by atoms with E-state index in [9.17, 15) is 4.79 Å². The van der Waals surface area contributed by atoms with Gasteiger partial charge in [0, 0.05) is 45.5 Å². The normalized spacial score (nSPS) is 20.1. The number of aryl methyl sites for hydroxylation is 1. The number of rotatable bonds is 3. The van der Waals surface area contributed by atoms with Gasteiger partial charge in [-0.15, -0.1) is 0 Å². The summed E-state index contributed by atoms with van der Waals surface area (Å²) in [5.74, 6) is 0.928. The SMILES string of the molecule is Cn1cnc2cc(N3CCN(CC4CCCC4)CC3)ccc2c1=O. The van der Waals surface area contributed by atoms with E-state index in [1.54, 1.807) is 13.4 Å². The zero-order valence-electron chi connectivity index (χ0n) is 14.4. The fourth-order valence-electron chi connectivity index (χ4n) is 4.14. The van der Waals surface area contributed by atoms with E-state index in [-0.39, 0.29) is 5.56 Å². The molecule has 1 saturated heterocycles. The van der Waals surface area contributed by atoms with Crippen LogP contribution in [0.1, 0.15) is 25.7 Å². The molecule has 5 nitrogen and oxygen atoms in total. The van der Waals surface area contributed by atoms with E-state index in [1.807, 2.05) is 6.07 Å². The summed E-state index contributed by atoms with van der Waals surface area (Å²) in [6, 6.07) is 6.05. The number of nitrogens with zero attached hydrogens (tertiary/aromatic N) is 4. The number of anilines is 1. The number of aromatic nitrogens is 2. The maximum atomic E-state index is 12.1. The van der Waals surface area contributed by atoms with E-state index in [4.69, 9.17) is 0 Å². The molecule has 0 N–H and O–H groups in total. The van der Waals surface area contributed by atoms with Crippen LogP contribution in [0.3, 0.4) is 0 Å². The first-order chi connectivity index (χ1) is 11.7. The summed E-state index contributed by atoms with van der Waals surface area (Å²) in [4.78, 5) is 21.6. The minimum atomic E-state index is 0.0212. The molecule has 24 heavy (non-hydrogen) atoms. The molecule has 1 aliphatic carbocycles. The second kappa shape index (κ2) is 6.55. The lowest BCUT2D eigenvalue weighted by molar-refractivity contribution is 0.220. The summed E-state index contributed by atoms with van der Waals surface area (Å²) >= 11 is 0. The van der Waals surface area contributed by atoms with Gasteiger partial charge in [-0.25, -0.2) is 4.98 Å². The standard InChI is InChI=1S/C19H26N4O/c1-21-14-20-18-12-16(6-7-17(18)19(21)24)23-10-8-22(9-11-23)13-15-4-2-3-5-15/h6-7,12,14-15H,2-5,8-11,13H2,1H3. The van der Waals surface area contributed by atoms with Crippen LogP contribution in [0.2, 0.25) is 0 Å². The van der Waals surface area contributed by atoms with Gasteiger partial charge >= 0.3 is 0 Å². The van der Waals surface area contributed by atoms with Gasteiger partial charge in [0.05, 0.1) is 17.2 Å². The molecule has 2 heterocycles. The highest BCUT2D eigenvalue weighted by Gasteiger charge is 2.22. The molecule has 2 aliphatic rings. The van der Waals surface area contributed by atoms with Gasteiger partial charge in [-0.2, -0.15) is 0 Å². The van der Waals surface area contributed by atoms with Crippen molar-refractivity contribution in [3.05, 3.63) is 34.9 Å². The predicted octanol–water partition coefficient (Wildman–Crippen LogP) is 2.25. The minimum Gasteiger partial charge on any atom is -0.369 e. The molecule has 0 unspecified atom stereocenters. The summed E-state index contributed by atoms with van der Waals surface area (Å²) in [6.45, 7) is 5.67. The van der Waals surface area contributed by atoms with E-state index in [0.717, 1.165) is 37.6 Å². The molecule has 1 saturated carbocycles. The van der Waals surface area contributed by atoms with Gasteiger partial charge in [-0.3, -0.25) is 9.69 Å². The van der Waals surface area contributed by atoms with Gasteiger partial charge in [0.2, 0.25) is 0 Å². The third kappa shape index (κ3) is 3.05. The van der Waals surface area contributed by atoms with E-state index in [1.165, 1.54) is 42.5 Å². The summed E-state index contributed by atoms with van der Waals surface area (Å²) in [6.07, 6.45) is 7.30. The van der Waals surface area contributed by atoms with Gasteiger partial charge in [0.25, 0.3) is 5.56 Å². The average Bonchev–Trinajstić information content (AvgIpc) is 3.12. The van der Waals surface area contributed by atoms with E-state index < -0.39 is 0 Å². The molecule has 1 aromatic carbocycles. The summed E-state index contributed by atoms with van der Waals surface area (Å²) < 4.78 is 1.53. The Morgan fingerprint density at radius 2 is 1.88 bits per heavy atom. The van der Waals surface area contributed by atoms with Gasteiger partial charge in [-0.05, 0) is 37.0 Å². The predicted molar refractivity (Wildman–Crippen MR) is 97.6 cm³/mol. The van der Waals surface area contributed by atoms with E-state index >= 15 is 0 Å². The first-order valence-corrected chi connectivity index (χ1v) is 9.13. The summed E-state index contributed by atoms with van der Waals surface area (Å²) in [7, 11) is 1.74. The Kier molecular flexibility index (Phi) is 4.27. The Labute approximate surface area is 142 Å². The first-order valence-electron chi connectivity index (χ1n) is 9.13. The van der Waals surface area contributed by atoms with Crippen LogP contribution in [0, 0.1) is 5.92 Å². The van der Waals surface area contributed by atoms with Crippen molar-refractivity contribution in [1.29, 1.82) is 0 Å². The Morgan fingerprint density at radius 3 is 2.62 bits per heavy atom. The van der Waals surface area contributed by atoms with Gasteiger partial charge in [-0.1, -0.05) is 12.8 Å². The average molecular weight is 326 g/mol. The molecule has 1 aromatic heterocycles. The van der Waals surface area contributed by atoms with Crippen LogP contribution in [0.4, 0.5) is 5.69 Å². The Morgan fingerprint density at radius 1 is 1.12 bits per heavy atom. The lowest BCUT2D eigenvalue weighted by Gasteiger charge is -2.37. The van der Waals surface area contributed by atoms with Crippen LogP contribution in [0.25, 0.3) is 10.9 Å². The molecule has 0 amide bonds. The quantitative estimate of drug-likeness (QED) is 0.867. The van der Waals surface area contributed by atoms with Crippen LogP contribution < -0.4 is 10.5 Å². The van der Waals surface area contributed by atoms with Crippen LogP contribution in [-0.2, 0) is 7.05 Å². The van der Waals surface area contributed by atoms with Crippen LogP contribution in [-0.4, -0.2) is 47.2 Å². The van der Waals surface area contributed by atoms with Crippen molar-refractivity contribution in [3.63, 3.8) is 0 Å². The second-order valence-electron chi connectivity index (χ2n) is 7.30. The molecule has 0 radical (unpaired) electrons. The molecule has 0 bridgehead atoms. The third-order valence-corrected chi connectivity index (χ3v) is 5.63. The highest BCUT2D eigenvalue weighted by Crippen LogP contribution is 2.26. The van der Waals surface area contributed by atoms with Crippen molar-refractivity contribution >= 4 is 16.6 Å². The number of hydrogen-bond acceptors (Lipinski definition) is 4. The van der Waals surface area contributed by atoms with Gasteiger partial charge in [0.15, 0.2) is 0 Å². The molecule has 0 spiro atoms. The molecular weight excluding hydrogens is 300 g/mol.